The van der Waals surface area contributed by atoms with Crippen LogP contribution in [-0.4, -0.2) is 23.2 Å². The van der Waals surface area contributed by atoms with E-state index in [1.165, 1.54) is 5.56 Å². The summed E-state index contributed by atoms with van der Waals surface area (Å²) in [5.41, 5.74) is 1.91. The van der Waals surface area contributed by atoms with Crippen LogP contribution in [0.1, 0.15) is 23.4 Å². The molecule has 1 unspecified atom stereocenters. The van der Waals surface area contributed by atoms with Crippen LogP contribution in [0.25, 0.3) is 0 Å². The molecule has 106 valence electrons. The zero-order valence-electron chi connectivity index (χ0n) is 11.8. The van der Waals surface area contributed by atoms with Gasteiger partial charge in [0, 0.05) is 20.0 Å². The third kappa shape index (κ3) is 2.66. The molecule has 0 bridgehead atoms. The van der Waals surface area contributed by atoms with Crippen LogP contribution in [0.4, 0.5) is 10.3 Å². The first-order valence-electron chi connectivity index (χ1n) is 6.92. The molecule has 0 saturated carbocycles. The number of nitrogens with zero attached hydrogens (tertiary/aromatic N) is 3. The molecule has 0 aliphatic carbocycles. The number of hydrogen-bond acceptors (Lipinski definition) is 4. The summed E-state index contributed by atoms with van der Waals surface area (Å²) in [6.45, 7) is 5.48. The minimum atomic E-state index is -0.135. The maximum Gasteiger partial charge on any atom is 0.266 e. The van der Waals surface area contributed by atoms with Crippen molar-refractivity contribution >= 4 is 5.95 Å². The van der Waals surface area contributed by atoms with Gasteiger partial charge < -0.3 is 9.42 Å². The molecule has 1 aliphatic heterocycles. The van der Waals surface area contributed by atoms with Crippen molar-refractivity contribution < 1.29 is 8.91 Å². The number of hydrogen-bond donors (Lipinski definition) is 0. The molecule has 0 radical (unpaired) electrons. The molecule has 0 amide bonds. The number of rotatable bonds is 3. The first kappa shape index (κ1) is 13.1. The van der Waals surface area contributed by atoms with Gasteiger partial charge in [0.15, 0.2) is 0 Å². The summed E-state index contributed by atoms with van der Waals surface area (Å²) in [6, 6.07) is 5.37. The number of benzene rings is 1. The summed E-state index contributed by atoms with van der Waals surface area (Å²) < 4.78 is 18.3. The highest BCUT2D eigenvalue weighted by Gasteiger charge is 2.25. The number of halogens is 1. The molecule has 2 heterocycles. The van der Waals surface area contributed by atoms with Gasteiger partial charge in [-0.1, -0.05) is 12.1 Å². The first-order valence-corrected chi connectivity index (χ1v) is 6.92. The molecule has 1 aliphatic rings. The predicted octanol–water partition coefficient (Wildman–Crippen LogP) is 2.89. The third-order valence-electron chi connectivity index (χ3n) is 3.83. The van der Waals surface area contributed by atoms with Crippen LogP contribution in [0.15, 0.2) is 22.7 Å². The van der Waals surface area contributed by atoms with Crippen molar-refractivity contribution in [2.24, 2.45) is 5.92 Å². The van der Waals surface area contributed by atoms with E-state index >= 15 is 0 Å². The first-order chi connectivity index (χ1) is 9.61. The maximum atomic E-state index is 13.3. The SMILES string of the molecule is Cc1nc(N2CCC(Cc3ccc(F)c(C)c3)C2)no1. The smallest absolute Gasteiger partial charge is 0.266 e. The summed E-state index contributed by atoms with van der Waals surface area (Å²) in [7, 11) is 0. The van der Waals surface area contributed by atoms with Crippen molar-refractivity contribution in [3.8, 4) is 0 Å². The van der Waals surface area contributed by atoms with E-state index in [1.54, 1.807) is 13.0 Å². The molecular weight excluding hydrogens is 257 g/mol. The highest BCUT2D eigenvalue weighted by molar-refractivity contribution is 5.31. The van der Waals surface area contributed by atoms with Gasteiger partial charge in [0.25, 0.3) is 5.95 Å². The molecule has 1 fully saturated rings. The van der Waals surface area contributed by atoms with Crippen LogP contribution >= 0.6 is 0 Å². The lowest BCUT2D eigenvalue weighted by molar-refractivity contribution is 0.392. The zero-order valence-corrected chi connectivity index (χ0v) is 11.8. The van der Waals surface area contributed by atoms with Gasteiger partial charge in [-0.05, 0) is 48.0 Å². The maximum absolute atomic E-state index is 13.3. The quantitative estimate of drug-likeness (QED) is 0.863. The molecule has 0 spiro atoms. The van der Waals surface area contributed by atoms with E-state index in [0.717, 1.165) is 25.9 Å². The van der Waals surface area contributed by atoms with Gasteiger partial charge >= 0.3 is 0 Å². The van der Waals surface area contributed by atoms with Gasteiger partial charge in [-0.15, -0.1) is 0 Å². The Kier molecular flexibility index (Phi) is 3.42. The van der Waals surface area contributed by atoms with Gasteiger partial charge in [-0.25, -0.2) is 4.39 Å². The second kappa shape index (κ2) is 5.23. The normalized spacial score (nSPS) is 18.8. The van der Waals surface area contributed by atoms with E-state index < -0.39 is 0 Å². The fourth-order valence-corrected chi connectivity index (χ4v) is 2.76. The lowest BCUT2D eigenvalue weighted by Crippen LogP contribution is -2.21. The third-order valence-corrected chi connectivity index (χ3v) is 3.83. The van der Waals surface area contributed by atoms with Gasteiger partial charge in [-0.2, -0.15) is 4.98 Å². The molecule has 1 saturated heterocycles. The Bertz CT molecular complexity index is 611. The number of aromatic nitrogens is 2. The van der Waals surface area contributed by atoms with Crippen molar-refractivity contribution in [1.29, 1.82) is 0 Å². The van der Waals surface area contributed by atoms with Crippen molar-refractivity contribution in [2.75, 3.05) is 18.0 Å². The van der Waals surface area contributed by atoms with Crippen molar-refractivity contribution in [3.05, 3.63) is 41.0 Å². The van der Waals surface area contributed by atoms with Crippen LogP contribution in [0, 0.1) is 25.6 Å². The lowest BCUT2D eigenvalue weighted by atomic mass is 9.97. The van der Waals surface area contributed by atoms with E-state index in [2.05, 4.69) is 15.0 Å². The standard InChI is InChI=1S/C15H18FN3O/c1-10-7-12(3-4-14(10)16)8-13-5-6-19(9-13)15-17-11(2)20-18-15/h3-4,7,13H,5-6,8-9H2,1-2H3. The molecule has 2 aromatic rings. The highest BCUT2D eigenvalue weighted by Crippen LogP contribution is 2.24. The van der Waals surface area contributed by atoms with Gasteiger partial charge in [0.05, 0.1) is 0 Å². The predicted molar refractivity (Wildman–Crippen MR) is 74.2 cm³/mol. The Morgan fingerprint density at radius 1 is 1.40 bits per heavy atom. The molecule has 4 nitrogen and oxygen atoms in total. The van der Waals surface area contributed by atoms with Crippen LogP contribution in [0.3, 0.4) is 0 Å². The van der Waals surface area contributed by atoms with E-state index in [4.69, 9.17) is 4.52 Å². The minimum Gasteiger partial charge on any atom is -0.338 e. The molecule has 1 atom stereocenters. The Morgan fingerprint density at radius 2 is 2.25 bits per heavy atom. The largest absolute Gasteiger partial charge is 0.338 e. The highest BCUT2D eigenvalue weighted by atomic mass is 19.1. The molecule has 1 aromatic heterocycles. The summed E-state index contributed by atoms with van der Waals surface area (Å²) in [6.07, 6.45) is 2.07. The van der Waals surface area contributed by atoms with Gasteiger partial charge in [-0.3, -0.25) is 0 Å². The summed E-state index contributed by atoms with van der Waals surface area (Å²) in [4.78, 5) is 6.41. The van der Waals surface area contributed by atoms with Crippen LogP contribution in [0.2, 0.25) is 0 Å². The zero-order chi connectivity index (χ0) is 14.1. The number of anilines is 1. The Labute approximate surface area is 117 Å². The molecule has 20 heavy (non-hydrogen) atoms. The van der Waals surface area contributed by atoms with Crippen LogP contribution in [0.5, 0.6) is 0 Å². The van der Waals surface area contributed by atoms with Crippen molar-refractivity contribution in [3.63, 3.8) is 0 Å². The van der Waals surface area contributed by atoms with Gasteiger partial charge in [0.1, 0.15) is 5.82 Å². The van der Waals surface area contributed by atoms with Crippen molar-refractivity contribution in [1.82, 2.24) is 10.1 Å². The van der Waals surface area contributed by atoms with E-state index in [1.807, 2.05) is 19.1 Å². The lowest BCUT2D eigenvalue weighted by Gasteiger charge is -2.13. The van der Waals surface area contributed by atoms with E-state index in [0.29, 0.717) is 23.3 Å². The summed E-state index contributed by atoms with van der Waals surface area (Å²) >= 11 is 0. The second-order valence-electron chi connectivity index (χ2n) is 5.50. The fraction of sp³-hybridized carbons (Fsp3) is 0.467. The van der Waals surface area contributed by atoms with Crippen LogP contribution < -0.4 is 4.90 Å². The molecule has 3 rings (SSSR count). The fourth-order valence-electron chi connectivity index (χ4n) is 2.76. The topological polar surface area (TPSA) is 42.2 Å². The van der Waals surface area contributed by atoms with Crippen molar-refractivity contribution in [2.45, 2.75) is 26.7 Å². The molecule has 1 aromatic carbocycles. The van der Waals surface area contributed by atoms with Crippen LogP contribution in [-0.2, 0) is 6.42 Å². The monoisotopic (exact) mass is 275 g/mol. The summed E-state index contributed by atoms with van der Waals surface area (Å²) in [5, 5.41) is 3.96. The molecular formula is C15H18FN3O. The Balaban J connectivity index is 1.64. The second-order valence-corrected chi connectivity index (χ2v) is 5.50. The summed E-state index contributed by atoms with van der Waals surface area (Å²) in [5.74, 6) is 1.70. The molecule has 5 heteroatoms. The average molecular weight is 275 g/mol. The minimum absolute atomic E-state index is 0.135. The van der Waals surface area contributed by atoms with E-state index in [-0.39, 0.29) is 5.82 Å². The molecule has 0 N–H and O–H groups in total. The Morgan fingerprint density at radius 3 is 2.95 bits per heavy atom. The average Bonchev–Trinajstić information content (AvgIpc) is 3.03. The van der Waals surface area contributed by atoms with Gasteiger partial charge in [0.2, 0.25) is 5.89 Å². The van der Waals surface area contributed by atoms with E-state index in [9.17, 15) is 4.39 Å². The Hall–Kier alpha value is -1.91. The number of aryl methyl sites for hydroxylation is 2.